The fraction of sp³-hybridized carbons (Fsp3) is 0.280. The Balaban J connectivity index is 1.40. The first-order chi connectivity index (χ1) is 16.8. The van der Waals surface area contributed by atoms with Gasteiger partial charge in [0.25, 0.3) is 0 Å². The number of halogens is 2. The van der Waals surface area contributed by atoms with Crippen molar-refractivity contribution in [3.8, 4) is 17.2 Å². The number of hydrogen-bond donors (Lipinski definition) is 3. The zero-order valence-corrected chi connectivity index (χ0v) is 19.5. The van der Waals surface area contributed by atoms with Gasteiger partial charge in [-0.25, -0.2) is 13.7 Å². The molecule has 3 N–H and O–H groups in total. The SMILES string of the molecule is N=S(=O)(NC1CCCC(N2c3ccccc3Oc3ccccc32)C1O)c1ccc(OC(F)F)cc1. The molecular weight excluding hydrogens is 476 g/mol. The fourth-order valence-electron chi connectivity index (χ4n) is 4.75. The highest BCUT2D eigenvalue weighted by Crippen LogP contribution is 2.49. The van der Waals surface area contributed by atoms with Crippen molar-refractivity contribution in [1.29, 1.82) is 4.78 Å². The summed E-state index contributed by atoms with van der Waals surface area (Å²) in [6.07, 6.45) is 1.04. The maximum Gasteiger partial charge on any atom is 0.387 e. The Morgan fingerprint density at radius 1 is 1.00 bits per heavy atom. The molecule has 4 atom stereocenters. The van der Waals surface area contributed by atoms with Gasteiger partial charge in [0.1, 0.15) is 15.7 Å². The van der Waals surface area contributed by atoms with Gasteiger partial charge in [0, 0.05) is 6.04 Å². The molecule has 2 aliphatic rings. The van der Waals surface area contributed by atoms with Gasteiger partial charge in [0.2, 0.25) is 0 Å². The van der Waals surface area contributed by atoms with E-state index < -0.39 is 28.7 Å². The van der Waals surface area contributed by atoms with Crippen LogP contribution >= 0.6 is 0 Å². The third-order valence-electron chi connectivity index (χ3n) is 6.32. The second kappa shape index (κ2) is 9.44. The van der Waals surface area contributed by atoms with Crippen molar-refractivity contribution < 1.29 is 27.6 Å². The average molecular weight is 502 g/mol. The van der Waals surface area contributed by atoms with Crippen LogP contribution in [0.5, 0.6) is 17.2 Å². The highest BCUT2D eigenvalue weighted by atomic mass is 32.2. The third-order valence-corrected chi connectivity index (χ3v) is 7.89. The fourth-order valence-corrected chi connectivity index (χ4v) is 6.09. The zero-order chi connectivity index (χ0) is 24.6. The minimum Gasteiger partial charge on any atom is -0.453 e. The lowest BCUT2D eigenvalue weighted by Crippen LogP contribution is -2.55. The largest absolute Gasteiger partial charge is 0.453 e. The zero-order valence-electron chi connectivity index (χ0n) is 18.6. The van der Waals surface area contributed by atoms with Gasteiger partial charge in [-0.1, -0.05) is 24.3 Å². The molecule has 0 aromatic heterocycles. The molecule has 10 heteroatoms. The van der Waals surface area contributed by atoms with E-state index in [4.69, 9.17) is 9.52 Å². The number of nitrogens with zero attached hydrogens (tertiary/aromatic N) is 1. The van der Waals surface area contributed by atoms with Crippen molar-refractivity contribution in [2.24, 2.45) is 0 Å². The van der Waals surface area contributed by atoms with Crippen LogP contribution in [0.15, 0.2) is 77.7 Å². The van der Waals surface area contributed by atoms with Crippen LogP contribution in [0.25, 0.3) is 0 Å². The van der Waals surface area contributed by atoms with E-state index >= 15 is 0 Å². The summed E-state index contributed by atoms with van der Waals surface area (Å²) in [5, 5.41) is 11.4. The number of benzene rings is 3. The van der Waals surface area contributed by atoms with Crippen LogP contribution in [0.4, 0.5) is 20.2 Å². The molecule has 1 aliphatic heterocycles. The standard InChI is InChI=1S/C25H25F2N3O4S/c26-25(27)33-16-12-14-17(15-13-16)35(28,32)29-18-6-5-9-21(24(18)31)30-19-7-1-3-10-22(19)34-23-11-4-2-8-20(23)30/h1-4,7-8,10-15,18,21,24-25,31H,5-6,9H2,(H2,28,29,32). The van der Waals surface area contributed by atoms with Crippen LogP contribution in [0, 0.1) is 4.78 Å². The van der Waals surface area contributed by atoms with E-state index in [1.165, 1.54) is 24.3 Å². The molecule has 7 nitrogen and oxygen atoms in total. The molecule has 0 saturated heterocycles. The molecule has 3 aromatic rings. The van der Waals surface area contributed by atoms with Gasteiger partial charge in [0.05, 0.1) is 28.4 Å². The summed E-state index contributed by atoms with van der Waals surface area (Å²) in [6.45, 7) is -2.97. The summed E-state index contributed by atoms with van der Waals surface area (Å²) in [7, 11) is -3.51. The minimum atomic E-state index is -3.51. The topological polar surface area (TPSA) is 94.9 Å². The Morgan fingerprint density at radius 2 is 1.60 bits per heavy atom. The molecule has 0 bridgehead atoms. The average Bonchev–Trinajstić information content (AvgIpc) is 2.84. The van der Waals surface area contributed by atoms with Crippen LogP contribution in [0.1, 0.15) is 19.3 Å². The molecule has 0 spiro atoms. The summed E-state index contributed by atoms with van der Waals surface area (Å²) < 4.78 is 59.7. The minimum absolute atomic E-state index is 0.0821. The number of para-hydroxylation sites is 4. The number of anilines is 2. The van der Waals surface area contributed by atoms with Crippen molar-refractivity contribution >= 4 is 21.3 Å². The summed E-state index contributed by atoms with van der Waals surface area (Å²) in [5.74, 6) is 1.29. The maximum atomic E-state index is 13.2. The first-order valence-corrected chi connectivity index (χ1v) is 12.8. The molecule has 1 fully saturated rings. The number of alkyl halides is 2. The number of aliphatic hydroxyl groups is 1. The Kier molecular flexibility index (Phi) is 6.35. The molecular formula is C25H25F2N3O4S. The van der Waals surface area contributed by atoms with E-state index in [1.807, 2.05) is 48.5 Å². The Labute approximate surface area is 202 Å². The van der Waals surface area contributed by atoms with Gasteiger partial charge in [-0.15, -0.1) is 0 Å². The van der Waals surface area contributed by atoms with E-state index in [0.717, 1.165) is 17.8 Å². The van der Waals surface area contributed by atoms with Gasteiger partial charge < -0.3 is 19.5 Å². The third kappa shape index (κ3) is 4.69. The van der Waals surface area contributed by atoms with Gasteiger partial charge >= 0.3 is 6.61 Å². The smallest absolute Gasteiger partial charge is 0.387 e. The van der Waals surface area contributed by atoms with Crippen LogP contribution in [-0.4, -0.2) is 34.1 Å². The number of nitrogens with one attached hydrogen (secondary N) is 2. The summed E-state index contributed by atoms with van der Waals surface area (Å²) in [4.78, 5) is 2.19. The van der Waals surface area contributed by atoms with Gasteiger partial charge in [-0.05, 0) is 67.8 Å². The first kappa shape index (κ1) is 23.5. The molecule has 0 radical (unpaired) electrons. The lowest BCUT2D eigenvalue weighted by atomic mass is 9.86. The molecule has 5 rings (SSSR count). The Bertz CT molecular complexity index is 1260. The highest BCUT2D eigenvalue weighted by molar-refractivity contribution is 7.90. The number of ether oxygens (including phenoxy) is 2. The van der Waals surface area contributed by atoms with E-state index in [1.54, 1.807) is 0 Å². The van der Waals surface area contributed by atoms with E-state index in [2.05, 4.69) is 14.4 Å². The molecule has 1 aliphatic carbocycles. The normalized spacial score (nSPS) is 23.1. The highest BCUT2D eigenvalue weighted by Gasteiger charge is 2.40. The van der Waals surface area contributed by atoms with Crippen LogP contribution in [0.2, 0.25) is 0 Å². The van der Waals surface area contributed by atoms with Gasteiger partial charge in [-0.3, -0.25) is 0 Å². The van der Waals surface area contributed by atoms with Crippen LogP contribution in [0.3, 0.4) is 0 Å². The Morgan fingerprint density at radius 3 is 2.20 bits per heavy atom. The first-order valence-electron chi connectivity index (χ1n) is 11.3. The predicted octanol–water partition coefficient (Wildman–Crippen LogP) is 5.42. The van der Waals surface area contributed by atoms with Crippen molar-refractivity contribution in [2.45, 2.75) is 49.0 Å². The molecule has 1 heterocycles. The molecule has 3 aromatic carbocycles. The van der Waals surface area contributed by atoms with Crippen LogP contribution < -0.4 is 19.1 Å². The predicted molar refractivity (Wildman–Crippen MR) is 128 cm³/mol. The number of aliphatic hydroxyl groups excluding tert-OH is 1. The summed E-state index contributed by atoms with van der Waals surface area (Å²) in [6, 6.07) is 19.4. The Hall–Kier alpha value is -3.21. The molecule has 0 amide bonds. The summed E-state index contributed by atoms with van der Waals surface area (Å²) in [5.41, 5.74) is 1.66. The maximum absolute atomic E-state index is 13.2. The van der Waals surface area contributed by atoms with E-state index in [-0.39, 0.29) is 16.7 Å². The monoisotopic (exact) mass is 501 g/mol. The van der Waals surface area contributed by atoms with Crippen molar-refractivity contribution in [1.82, 2.24) is 4.72 Å². The lowest BCUT2D eigenvalue weighted by Gasteiger charge is -2.45. The van der Waals surface area contributed by atoms with E-state index in [0.29, 0.717) is 24.3 Å². The number of rotatable bonds is 6. The van der Waals surface area contributed by atoms with Crippen molar-refractivity contribution in [2.75, 3.05) is 4.90 Å². The molecule has 35 heavy (non-hydrogen) atoms. The second-order valence-corrected chi connectivity index (χ2v) is 10.3. The quantitative estimate of drug-likeness (QED) is 0.419. The molecule has 1 saturated carbocycles. The lowest BCUT2D eigenvalue weighted by molar-refractivity contribution is -0.0498. The molecule has 184 valence electrons. The van der Waals surface area contributed by atoms with Crippen molar-refractivity contribution in [3.63, 3.8) is 0 Å². The summed E-state index contributed by atoms with van der Waals surface area (Å²) >= 11 is 0. The van der Waals surface area contributed by atoms with E-state index in [9.17, 15) is 18.1 Å². The molecule has 4 unspecified atom stereocenters. The van der Waals surface area contributed by atoms with Gasteiger partial charge in [-0.2, -0.15) is 8.78 Å². The number of hydrogen-bond acceptors (Lipinski definition) is 6. The van der Waals surface area contributed by atoms with Crippen LogP contribution in [-0.2, 0) is 9.92 Å². The second-order valence-electron chi connectivity index (χ2n) is 8.53. The number of fused-ring (bicyclic) bond motifs is 2. The van der Waals surface area contributed by atoms with Crippen molar-refractivity contribution in [3.05, 3.63) is 72.8 Å². The van der Waals surface area contributed by atoms with Gasteiger partial charge in [0.15, 0.2) is 11.5 Å².